The maximum Gasteiger partial charge on any atom is 0.469 e. The lowest BCUT2D eigenvalue weighted by Crippen LogP contribution is -2.33. The molecule has 1 aromatic rings. The Balaban J connectivity index is 2.16. The monoisotopic (exact) mass is 321 g/mol. The molecule has 2 heterocycles. The summed E-state index contributed by atoms with van der Waals surface area (Å²) in [6.07, 6.45) is -1.52. The summed E-state index contributed by atoms with van der Waals surface area (Å²) in [5, 5.41) is 10.1. The number of nitrogens with two attached hydrogens (primary N) is 1. The number of nitrogen functional groups attached to an aromatic ring is 1. The molecule has 0 aliphatic carbocycles. The second-order valence-corrected chi connectivity index (χ2v) is 5.98. The van der Waals surface area contributed by atoms with Crippen LogP contribution in [0.4, 0.5) is 5.82 Å². The second kappa shape index (κ2) is 5.84. The first-order chi connectivity index (χ1) is 9.69. The molecular weight excluding hydrogens is 305 g/mol. The van der Waals surface area contributed by atoms with Gasteiger partial charge >= 0.3 is 13.5 Å². The Morgan fingerprint density at radius 3 is 2.81 bits per heavy atom. The van der Waals surface area contributed by atoms with Crippen molar-refractivity contribution in [3.8, 4) is 0 Å². The zero-order valence-corrected chi connectivity index (χ0v) is 12.0. The lowest BCUT2D eigenvalue weighted by Gasteiger charge is -2.17. The zero-order chi connectivity index (χ0) is 15.8. The third-order valence-corrected chi connectivity index (χ3v) is 3.75. The van der Waals surface area contributed by atoms with Crippen molar-refractivity contribution in [3.63, 3.8) is 0 Å². The molecule has 1 aliphatic heterocycles. The van der Waals surface area contributed by atoms with Crippen molar-refractivity contribution < 1.29 is 28.7 Å². The van der Waals surface area contributed by atoms with E-state index < -0.39 is 44.5 Å². The van der Waals surface area contributed by atoms with E-state index in [0.717, 1.165) is 4.57 Å². The summed E-state index contributed by atoms with van der Waals surface area (Å²) in [6, 6.07) is 1.38. The molecule has 10 nitrogen and oxygen atoms in total. The normalized spacial score (nSPS) is 29.7. The topological polar surface area (TPSA) is 157 Å². The number of phosphoric ester groups is 1. The van der Waals surface area contributed by atoms with Gasteiger partial charge in [0.1, 0.15) is 11.9 Å². The highest BCUT2D eigenvalue weighted by Crippen LogP contribution is 2.39. The highest BCUT2D eigenvalue weighted by Gasteiger charge is 2.43. The molecule has 0 aromatic carbocycles. The van der Waals surface area contributed by atoms with Crippen LogP contribution in [0.15, 0.2) is 17.1 Å². The summed E-state index contributed by atoms with van der Waals surface area (Å²) in [4.78, 5) is 32.6. The van der Waals surface area contributed by atoms with Gasteiger partial charge in [0.15, 0.2) is 6.23 Å². The van der Waals surface area contributed by atoms with Crippen molar-refractivity contribution in [1.82, 2.24) is 9.55 Å². The summed E-state index contributed by atoms with van der Waals surface area (Å²) in [7, 11) is -4.63. The quantitative estimate of drug-likeness (QED) is 0.501. The van der Waals surface area contributed by atoms with Gasteiger partial charge in [-0.1, -0.05) is 6.92 Å². The molecule has 5 N–H and O–H groups in total. The highest BCUT2D eigenvalue weighted by molar-refractivity contribution is 7.46. The van der Waals surface area contributed by atoms with Crippen molar-refractivity contribution in [2.45, 2.75) is 25.4 Å². The van der Waals surface area contributed by atoms with Crippen molar-refractivity contribution >= 4 is 13.6 Å². The second-order valence-electron chi connectivity index (χ2n) is 4.74. The van der Waals surface area contributed by atoms with Crippen molar-refractivity contribution in [2.75, 3.05) is 12.3 Å². The number of anilines is 1. The van der Waals surface area contributed by atoms with Crippen LogP contribution in [0.5, 0.6) is 0 Å². The van der Waals surface area contributed by atoms with Crippen LogP contribution in [0.1, 0.15) is 13.2 Å². The predicted octanol–water partition coefficient (Wildman–Crippen LogP) is -1.17. The lowest BCUT2D eigenvalue weighted by atomic mass is 10.0. The van der Waals surface area contributed by atoms with Gasteiger partial charge in [-0.2, -0.15) is 4.98 Å². The van der Waals surface area contributed by atoms with Crippen LogP contribution < -0.4 is 11.4 Å². The van der Waals surface area contributed by atoms with E-state index in [0.29, 0.717) is 0 Å². The molecule has 118 valence electrons. The molecule has 1 fully saturated rings. The molecule has 0 spiro atoms. The van der Waals surface area contributed by atoms with E-state index in [-0.39, 0.29) is 5.82 Å². The van der Waals surface area contributed by atoms with Crippen LogP contribution >= 0.6 is 7.82 Å². The average molecular weight is 321 g/mol. The number of phosphoric acid groups is 1. The first-order valence-electron chi connectivity index (χ1n) is 6.07. The van der Waals surface area contributed by atoms with Crippen molar-refractivity contribution in [2.24, 2.45) is 5.92 Å². The van der Waals surface area contributed by atoms with Crippen molar-refractivity contribution in [1.29, 1.82) is 0 Å². The van der Waals surface area contributed by atoms with E-state index in [9.17, 15) is 14.5 Å². The van der Waals surface area contributed by atoms with Crippen LogP contribution in [0, 0.1) is 5.92 Å². The average Bonchev–Trinajstić information content (AvgIpc) is 2.64. The van der Waals surface area contributed by atoms with E-state index in [2.05, 4.69) is 9.51 Å². The van der Waals surface area contributed by atoms with Gasteiger partial charge < -0.3 is 25.4 Å². The molecular formula is C10H16N3O7P. The van der Waals surface area contributed by atoms with E-state index >= 15 is 0 Å². The largest absolute Gasteiger partial charge is 0.469 e. The van der Waals surface area contributed by atoms with E-state index in [4.69, 9.17) is 20.3 Å². The molecule has 0 saturated carbocycles. The summed E-state index contributed by atoms with van der Waals surface area (Å²) in [6.45, 7) is 1.21. The molecule has 1 aromatic heterocycles. The Bertz CT molecular complexity index is 615. The van der Waals surface area contributed by atoms with Crippen LogP contribution in [-0.2, 0) is 13.8 Å². The highest BCUT2D eigenvalue weighted by atomic mass is 31.2. The third-order valence-electron chi connectivity index (χ3n) is 3.26. The third kappa shape index (κ3) is 3.67. The molecule has 4 atom stereocenters. The molecule has 0 bridgehead atoms. The van der Waals surface area contributed by atoms with Gasteiger partial charge in [0.2, 0.25) is 0 Å². The molecule has 0 amide bonds. The SMILES string of the molecule is C[C@H]1[C@@H](O)[C@H](n2ccc(N)nc2=O)O[C@@H]1COP(=O)(O)O. The fourth-order valence-electron chi connectivity index (χ4n) is 2.07. The molecule has 11 heteroatoms. The molecule has 1 saturated heterocycles. The number of hydrogen-bond acceptors (Lipinski definition) is 7. The maximum absolute atomic E-state index is 11.7. The Hall–Kier alpha value is -1.29. The van der Waals surface area contributed by atoms with Crippen LogP contribution in [0.2, 0.25) is 0 Å². The lowest BCUT2D eigenvalue weighted by molar-refractivity contribution is -0.0527. The van der Waals surface area contributed by atoms with Gasteiger partial charge in [0, 0.05) is 12.1 Å². The van der Waals surface area contributed by atoms with Gasteiger partial charge in [-0.05, 0) is 6.07 Å². The maximum atomic E-state index is 11.7. The van der Waals surface area contributed by atoms with Crippen molar-refractivity contribution in [3.05, 3.63) is 22.7 Å². The van der Waals surface area contributed by atoms with Gasteiger partial charge in [-0.3, -0.25) is 9.09 Å². The van der Waals surface area contributed by atoms with Gasteiger partial charge in [-0.25, -0.2) is 9.36 Å². The standard InChI is InChI=1S/C10H16N3O7P/c1-5-6(4-19-21(16,17)18)20-9(8(5)14)13-3-2-7(11)12-10(13)15/h2-3,5-6,8-9,14H,4H2,1H3,(H2,11,12,15)(H2,16,17,18)/t5-,6-,8-,9-/m1/s1. The first kappa shape index (κ1) is 16.1. The number of nitrogens with zero attached hydrogens (tertiary/aromatic N) is 2. The summed E-state index contributed by atoms with van der Waals surface area (Å²) < 4.78 is 21.6. The van der Waals surface area contributed by atoms with Crippen LogP contribution in [0.3, 0.4) is 0 Å². The summed E-state index contributed by atoms with van der Waals surface area (Å²) >= 11 is 0. The molecule has 21 heavy (non-hydrogen) atoms. The minimum Gasteiger partial charge on any atom is -0.388 e. The number of ether oxygens (including phenoxy) is 1. The number of hydrogen-bond donors (Lipinski definition) is 4. The fourth-order valence-corrected chi connectivity index (χ4v) is 2.42. The molecule has 2 rings (SSSR count). The minimum absolute atomic E-state index is 0.0400. The Labute approximate surface area is 119 Å². The first-order valence-corrected chi connectivity index (χ1v) is 7.60. The molecule has 1 aliphatic rings. The van der Waals surface area contributed by atoms with E-state index in [1.54, 1.807) is 6.92 Å². The number of aliphatic hydroxyl groups excluding tert-OH is 1. The Morgan fingerprint density at radius 1 is 1.57 bits per heavy atom. The molecule has 0 radical (unpaired) electrons. The number of aromatic nitrogens is 2. The summed E-state index contributed by atoms with van der Waals surface area (Å²) in [5.41, 5.74) is 4.68. The predicted molar refractivity (Wildman–Crippen MR) is 70.0 cm³/mol. The number of aliphatic hydroxyl groups is 1. The smallest absolute Gasteiger partial charge is 0.388 e. The van der Waals surface area contributed by atoms with E-state index in [1.165, 1.54) is 12.3 Å². The summed E-state index contributed by atoms with van der Waals surface area (Å²) in [5.74, 6) is -0.454. The van der Waals surface area contributed by atoms with Crippen LogP contribution in [-0.4, -0.2) is 43.3 Å². The molecule has 0 unspecified atom stereocenters. The zero-order valence-electron chi connectivity index (χ0n) is 11.1. The van der Waals surface area contributed by atoms with Gasteiger partial charge in [0.05, 0.1) is 12.7 Å². The van der Waals surface area contributed by atoms with Gasteiger partial charge in [-0.15, -0.1) is 0 Å². The number of rotatable bonds is 4. The Kier molecular flexibility index (Phi) is 4.47. The fraction of sp³-hybridized carbons (Fsp3) is 0.600. The van der Waals surface area contributed by atoms with E-state index in [1.807, 2.05) is 0 Å². The minimum atomic E-state index is -4.63. The Morgan fingerprint density at radius 2 is 2.24 bits per heavy atom. The van der Waals surface area contributed by atoms with Crippen LogP contribution in [0.25, 0.3) is 0 Å². The van der Waals surface area contributed by atoms with Gasteiger partial charge in [0.25, 0.3) is 0 Å².